The summed E-state index contributed by atoms with van der Waals surface area (Å²) in [6.45, 7) is 11.1. The molecule has 0 aliphatic carbocycles. The molecule has 0 bridgehead atoms. The zero-order chi connectivity index (χ0) is 13.0. The molecule has 0 fully saturated rings. The molecule has 17 heavy (non-hydrogen) atoms. The highest BCUT2D eigenvalue weighted by Crippen LogP contribution is 2.31. The molecule has 0 aromatic heterocycles. The average Bonchev–Trinajstić information content (AvgIpc) is 2.26. The maximum atomic E-state index is 6.28. The molecule has 1 aromatic rings. The first-order valence-corrected chi connectivity index (χ1v) is 6.89. The van der Waals surface area contributed by atoms with Crippen molar-refractivity contribution in [3.63, 3.8) is 0 Å². The number of nitrogens with two attached hydrogens (primary N) is 1. The Morgan fingerprint density at radius 3 is 1.82 bits per heavy atom. The zero-order valence-corrected chi connectivity index (χ0v) is 12.0. The Balaban J connectivity index is 3.17. The molecule has 96 valence electrons. The van der Waals surface area contributed by atoms with Crippen LogP contribution < -0.4 is 5.73 Å². The van der Waals surface area contributed by atoms with Crippen LogP contribution in [-0.4, -0.2) is 0 Å². The summed E-state index contributed by atoms with van der Waals surface area (Å²) in [5, 5.41) is 0. The van der Waals surface area contributed by atoms with Gasteiger partial charge in [-0.2, -0.15) is 0 Å². The molecular formula is C16H27N. The SMILES string of the molecule is CCCCc1cc(C(C)C)c(N)c(C(C)C)c1. The van der Waals surface area contributed by atoms with E-state index in [0.29, 0.717) is 11.8 Å². The fraction of sp³-hybridized carbons (Fsp3) is 0.625. The van der Waals surface area contributed by atoms with Crippen LogP contribution in [0, 0.1) is 0 Å². The van der Waals surface area contributed by atoms with E-state index in [0.717, 1.165) is 5.69 Å². The second-order valence-electron chi connectivity index (χ2n) is 5.60. The van der Waals surface area contributed by atoms with Gasteiger partial charge in [-0.1, -0.05) is 53.2 Å². The number of hydrogen-bond acceptors (Lipinski definition) is 1. The summed E-state index contributed by atoms with van der Waals surface area (Å²) in [6.07, 6.45) is 3.69. The molecule has 0 aliphatic rings. The summed E-state index contributed by atoms with van der Waals surface area (Å²) >= 11 is 0. The maximum Gasteiger partial charge on any atom is 0.0384 e. The summed E-state index contributed by atoms with van der Waals surface area (Å²) in [7, 11) is 0. The first kappa shape index (κ1) is 14.1. The van der Waals surface area contributed by atoms with E-state index < -0.39 is 0 Å². The average molecular weight is 233 g/mol. The van der Waals surface area contributed by atoms with E-state index in [1.54, 1.807) is 0 Å². The topological polar surface area (TPSA) is 26.0 Å². The Bertz CT molecular complexity index is 335. The number of nitrogen functional groups attached to an aromatic ring is 1. The van der Waals surface area contributed by atoms with Crippen molar-refractivity contribution in [2.45, 2.75) is 65.7 Å². The molecular weight excluding hydrogens is 206 g/mol. The first-order valence-electron chi connectivity index (χ1n) is 6.89. The molecule has 0 amide bonds. The summed E-state index contributed by atoms with van der Waals surface area (Å²) in [5.74, 6) is 1.02. The third-order valence-corrected chi connectivity index (χ3v) is 3.37. The fourth-order valence-corrected chi connectivity index (χ4v) is 2.24. The Kier molecular flexibility index (Phi) is 5.04. The summed E-state index contributed by atoms with van der Waals surface area (Å²) < 4.78 is 0. The van der Waals surface area contributed by atoms with E-state index in [1.165, 1.54) is 36.0 Å². The predicted octanol–water partition coefficient (Wildman–Crippen LogP) is 4.86. The van der Waals surface area contributed by atoms with Crippen LogP contribution in [0.25, 0.3) is 0 Å². The molecule has 0 atom stereocenters. The van der Waals surface area contributed by atoms with E-state index in [2.05, 4.69) is 46.8 Å². The van der Waals surface area contributed by atoms with Gasteiger partial charge in [0, 0.05) is 5.69 Å². The first-order chi connectivity index (χ1) is 7.97. The Hall–Kier alpha value is -0.980. The molecule has 2 N–H and O–H groups in total. The van der Waals surface area contributed by atoms with Crippen LogP contribution in [0.4, 0.5) is 5.69 Å². The molecule has 0 aliphatic heterocycles. The van der Waals surface area contributed by atoms with Gasteiger partial charge >= 0.3 is 0 Å². The summed E-state index contributed by atoms with van der Waals surface area (Å²) in [5.41, 5.74) is 11.4. The second-order valence-corrected chi connectivity index (χ2v) is 5.60. The number of aryl methyl sites for hydroxylation is 1. The summed E-state index contributed by atoms with van der Waals surface area (Å²) in [4.78, 5) is 0. The summed E-state index contributed by atoms with van der Waals surface area (Å²) in [6, 6.07) is 4.61. The van der Waals surface area contributed by atoms with E-state index in [9.17, 15) is 0 Å². The van der Waals surface area contributed by atoms with Crippen molar-refractivity contribution in [2.24, 2.45) is 0 Å². The van der Waals surface area contributed by atoms with Crippen molar-refractivity contribution in [2.75, 3.05) is 5.73 Å². The minimum Gasteiger partial charge on any atom is -0.398 e. The molecule has 0 heterocycles. The van der Waals surface area contributed by atoms with Crippen molar-refractivity contribution < 1.29 is 0 Å². The number of unbranched alkanes of at least 4 members (excludes halogenated alkanes) is 1. The lowest BCUT2D eigenvalue weighted by Crippen LogP contribution is -2.05. The van der Waals surface area contributed by atoms with Gasteiger partial charge in [0.2, 0.25) is 0 Å². The van der Waals surface area contributed by atoms with Crippen LogP contribution in [0.5, 0.6) is 0 Å². The van der Waals surface area contributed by atoms with Crippen LogP contribution in [0.1, 0.15) is 76.0 Å². The lowest BCUT2D eigenvalue weighted by atomic mass is 9.89. The van der Waals surface area contributed by atoms with Gasteiger partial charge < -0.3 is 5.73 Å². The standard InChI is InChI=1S/C16H27N/c1-6-7-8-13-9-14(11(2)3)16(17)15(10-13)12(4)5/h9-12H,6-8,17H2,1-5H3. The Morgan fingerprint density at radius 2 is 1.47 bits per heavy atom. The van der Waals surface area contributed by atoms with Gasteiger partial charge in [-0.15, -0.1) is 0 Å². The van der Waals surface area contributed by atoms with Gasteiger partial charge in [-0.25, -0.2) is 0 Å². The number of rotatable bonds is 5. The highest BCUT2D eigenvalue weighted by atomic mass is 14.6. The fourth-order valence-electron chi connectivity index (χ4n) is 2.24. The van der Waals surface area contributed by atoms with Crippen LogP contribution in [0.2, 0.25) is 0 Å². The van der Waals surface area contributed by atoms with E-state index >= 15 is 0 Å². The lowest BCUT2D eigenvalue weighted by molar-refractivity contribution is 0.781. The largest absolute Gasteiger partial charge is 0.398 e. The molecule has 0 saturated carbocycles. The van der Waals surface area contributed by atoms with Crippen LogP contribution in [0.3, 0.4) is 0 Å². The highest BCUT2D eigenvalue weighted by molar-refractivity contribution is 5.58. The smallest absolute Gasteiger partial charge is 0.0384 e. The molecule has 0 saturated heterocycles. The lowest BCUT2D eigenvalue weighted by Gasteiger charge is -2.18. The van der Waals surface area contributed by atoms with Gasteiger partial charge in [-0.05, 0) is 41.4 Å². The molecule has 0 unspecified atom stereocenters. The molecule has 1 nitrogen and oxygen atoms in total. The van der Waals surface area contributed by atoms with E-state index in [-0.39, 0.29) is 0 Å². The van der Waals surface area contributed by atoms with Crippen molar-refractivity contribution in [3.05, 3.63) is 28.8 Å². The minimum atomic E-state index is 0.508. The van der Waals surface area contributed by atoms with Crippen molar-refractivity contribution >= 4 is 5.69 Å². The van der Waals surface area contributed by atoms with Gasteiger partial charge in [-0.3, -0.25) is 0 Å². The van der Waals surface area contributed by atoms with Gasteiger partial charge in [0.1, 0.15) is 0 Å². The number of anilines is 1. The predicted molar refractivity (Wildman–Crippen MR) is 77.6 cm³/mol. The molecule has 0 radical (unpaired) electrons. The number of benzene rings is 1. The van der Waals surface area contributed by atoms with Gasteiger partial charge in [0.15, 0.2) is 0 Å². The zero-order valence-electron chi connectivity index (χ0n) is 12.0. The quantitative estimate of drug-likeness (QED) is 0.722. The van der Waals surface area contributed by atoms with Crippen LogP contribution >= 0.6 is 0 Å². The Morgan fingerprint density at radius 1 is 1.00 bits per heavy atom. The second kappa shape index (κ2) is 6.09. The monoisotopic (exact) mass is 233 g/mol. The van der Waals surface area contributed by atoms with E-state index in [4.69, 9.17) is 5.73 Å². The van der Waals surface area contributed by atoms with Crippen molar-refractivity contribution in [1.29, 1.82) is 0 Å². The van der Waals surface area contributed by atoms with Gasteiger partial charge in [0.05, 0.1) is 0 Å². The van der Waals surface area contributed by atoms with Crippen molar-refractivity contribution in [3.8, 4) is 0 Å². The third kappa shape index (κ3) is 3.49. The maximum absolute atomic E-state index is 6.28. The van der Waals surface area contributed by atoms with Crippen LogP contribution in [0.15, 0.2) is 12.1 Å². The highest BCUT2D eigenvalue weighted by Gasteiger charge is 2.13. The molecule has 1 heteroatoms. The molecule has 0 spiro atoms. The van der Waals surface area contributed by atoms with E-state index in [1.807, 2.05) is 0 Å². The third-order valence-electron chi connectivity index (χ3n) is 3.37. The Labute approximate surface area is 106 Å². The number of hydrogen-bond donors (Lipinski definition) is 1. The molecule has 1 rings (SSSR count). The minimum absolute atomic E-state index is 0.508. The molecule has 1 aromatic carbocycles. The van der Waals surface area contributed by atoms with Crippen molar-refractivity contribution in [1.82, 2.24) is 0 Å². The van der Waals surface area contributed by atoms with Gasteiger partial charge in [0.25, 0.3) is 0 Å². The normalized spacial score (nSPS) is 11.5. The van der Waals surface area contributed by atoms with Crippen LogP contribution in [-0.2, 0) is 6.42 Å².